The average Bonchev–Trinajstić information content (AvgIpc) is 2.99. The summed E-state index contributed by atoms with van der Waals surface area (Å²) in [7, 11) is 0. The lowest BCUT2D eigenvalue weighted by Crippen LogP contribution is -2.06. The van der Waals surface area contributed by atoms with E-state index in [4.69, 9.17) is 5.26 Å². The Kier molecular flexibility index (Phi) is 1.81. The van der Waals surface area contributed by atoms with Gasteiger partial charge in [0.15, 0.2) is 0 Å². The summed E-state index contributed by atoms with van der Waals surface area (Å²) in [6.07, 6.45) is 2.89. The van der Waals surface area contributed by atoms with Crippen molar-refractivity contribution in [2.24, 2.45) is 0 Å². The fourth-order valence-corrected chi connectivity index (χ4v) is 1.49. The molecule has 2 heteroatoms. The van der Waals surface area contributed by atoms with Gasteiger partial charge in [0.2, 0.25) is 0 Å². The molecule has 1 aromatic rings. The molecule has 2 nitrogen and oxygen atoms in total. The fourth-order valence-electron chi connectivity index (χ4n) is 1.49. The van der Waals surface area contributed by atoms with E-state index in [0.717, 1.165) is 30.7 Å². The second-order valence-electron chi connectivity index (χ2n) is 3.56. The van der Waals surface area contributed by atoms with Gasteiger partial charge in [0.05, 0.1) is 17.2 Å². The van der Waals surface area contributed by atoms with E-state index in [-0.39, 0.29) is 5.41 Å². The van der Waals surface area contributed by atoms with Crippen LogP contribution < -0.4 is 0 Å². The van der Waals surface area contributed by atoms with Crippen LogP contribution in [0, 0.1) is 11.3 Å². The number of aromatic nitrogens is 1. The Hall–Kier alpha value is -1.36. The number of nitrogens with zero attached hydrogens (tertiary/aromatic N) is 2. The molecule has 1 aliphatic rings. The largest absolute Gasteiger partial charge is 0.256 e. The van der Waals surface area contributed by atoms with E-state index in [0.29, 0.717) is 0 Å². The Labute approximate surface area is 78.2 Å². The normalized spacial score (nSPS) is 17.8. The molecule has 1 aliphatic carbocycles. The highest BCUT2D eigenvalue weighted by atomic mass is 14.8. The van der Waals surface area contributed by atoms with Crippen LogP contribution in [0.4, 0.5) is 0 Å². The Bertz CT molecular complexity index is 359. The van der Waals surface area contributed by atoms with Crippen molar-refractivity contribution in [3.63, 3.8) is 0 Å². The highest BCUT2D eigenvalue weighted by Crippen LogP contribution is 2.46. The Morgan fingerprint density at radius 3 is 2.85 bits per heavy atom. The zero-order valence-electron chi connectivity index (χ0n) is 7.75. The summed E-state index contributed by atoms with van der Waals surface area (Å²) in [6, 6.07) is 8.33. The smallest absolute Gasteiger partial charge is 0.0994 e. The first kappa shape index (κ1) is 8.25. The van der Waals surface area contributed by atoms with Gasteiger partial charge in [-0.05, 0) is 31.4 Å². The van der Waals surface area contributed by atoms with Gasteiger partial charge in [-0.1, -0.05) is 13.0 Å². The van der Waals surface area contributed by atoms with E-state index in [2.05, 4.69) is 18.0 Å². The molecule has 0 spiro atoms. The van der Waals surface area contributed by atoms with Crippen molar-refractivity contribution in [2.75, 3.05) is 0 Å². The van der Waals surface area contributed by atoms with E-state index in [1.807, 2.05) is 18.2 Å². The summed E-state index contributed by atoms with van der Waals surface area (Å²) in [5, 5.41) is 8.98. The molecule has 13 heavy (non-hydrogen) atoms. The topological polar surface area (TPSA) is 36.7 Å². The quantitative estimate of drug-likeness (QED) is 0.685. The number of pyridine rings is 1. The second kappa shape index (κ2) is 2.85. The maximum Gasteiger partial charge on any atom is 0.0994 e. The molecule has 66 valence electrons. The fraction of sp³-hybridized carbons (Fsp3) is 0.455. The monoisotopic (exact) mass is 172 g/mol. The molecule has 1 saturated carbocycles. The summed E-state index contributed by atoms with van der Waals surface area (Å²) < 4.78 is 0. The molecular weight excluding hydrogens is 160 g/mol. The van der Waals surface area contributed by atoms with Crippen LogP contribution in [0.25, 0.3) is 0 Å². The van der Waals surface area contributed by atoms with Crippen LogP contribution >= 0.6 is 0 Å². The molecule has 0 amide bonds. The standard InChI is InChI=1S/C11H12N2/c1-2-9-4-3-5-10(13-9)11(8-12)6-7-11/h3-5H,2,6-7H2,1H3. The Balaban J connectivity index is 2.37. The van der Waals surface area contributed by atoms with Gasteiger partial charge in [-0.25, -0.2) is 0 Å². The summed E-state index contributed by atoms with van der Waals surface area (Å²) in [4.78, 5) is 4.47. The summed E-state index contributed by atoms with van der Waals surface area (Å²) in [5.41, 5.74) is 1.82. The van der Waals surface area contributed by atoms with Gasteiger partial charge >= 0.3 is 0 Å². The van der Waals surface area contributed by atoms with E-state index in [1.54, 1.807) is 0 Å². The zero-order valence-corrected chi connectivity index (χ0v) is 7.75. The predicted octanol–water partition coefficient (Wildman–Crippen LogP) is 2.20. The molecule has 0 atom stereocenters. The van der Waals surface area contributed by atoms with Crippen molar-refractivity contribution in [2.45, 2.75) is 31.6 Å². The van der Waals surface area contributed by atoms with Crippen molar-refractivity contribution >= 4 is 0 Å². The molecular formula is C11H12N2. The molecule has 0 aliphatic heterocycles. The van der Waals surface area contributed by atoms with Gasteiger partial charge in [0.25, 0.3) is 0 Å². The van der Waals surface area contributed by atoms with Crippen molar-refractivity contribution in [1.29, 1.82) is 5.26 Å². The first-order valence-corrected chi connectivity index (χ1v) is 4.68. The zero-order chi connectivity index (χ0) is 9.31. The SMILES string of the molecule is CCc1cccc(C2(C#N)CC2)n1. The lowest BCUT2D eigenvalue weighted by atomic mass is 10.0. The van der Waals surface area contributed by atoms with Crippen molar-refractivity contribution in [1.82, 2.24) is 4.98 Å². The van der Waals surface area contributed by atoms with Gasteiger partial charge in [-0.2, -0.15) is 5.26 Å². The van der Waals surface area contributed by atoms with Crippen molar-refractivity contribution in [3.05, 3.63) is 29.6 Å². The Morgan fingerprint density at radius 2 is 2.31 bits per heavy atom. The first-order chi connectivity index (χ1) is 6.30. The maximum absolute atomic E-state index is 8.98. The summed E-state index contributed by atoms with van der Waals surface area (Å²) >= 11 is 0. The van der Waals surface area contributed by atoms with Crippen LogP contribution in [0.5, 0.6) is 0 Å². The number of hydrogen-bond acceptors (Lipinski definition) is 2. The molecule has 0 bridgehead atoms. The predicted molar refractivity (Wildman–Crippen MR) is 50.1 cm³/mol. The van der Waals surface area contributed by atoms with Gasteiger partial charge in [-0.15, -0.1) is 0 Å². The Morgan fingerprint density at radius 1 is 1.54 bits per heavy atom. The highest BCUT2D eigenvalue weighted by Gasteiger charge is 2.46. The third-order valence-corrected chi connectivity index (χ3v) is 2.62. The molecule has 2 rings (SSSR count). The van der Waals surface area contributed by atoms with Crippen LogP contribution in [0.15, 0.2) is 18.2 Å². The van der Waals surface area contributed by atoms with Crippen LogP contribution in [-0.2, 0) is 11.8 Å². The van der Waals surface area contributed by atoms with Crippen molar-refractivity contribution in [3.8, 4) is 6.07 Å². The van der Waals surface area contributed by atoms with E-state index in [1.165, 1.54) is 0 Å². The molecule has 1 heterocycles. The molecule has 0 aromatic carbocycles. The number of aryl methyl sites for hydroxylation is 1. The molecule has 1 fully saturated rings. The van der Waals surface area contributed by atoms with Crippen molar-refractivity contribution < 1.29 is 0 Å². The summed E-state index contributed by atoms with van der Waals surface area (Å²) in [6.45, 7) is 2.08. The lowest BCUT2D eigenvalue weighted by Gasteiger charge is -2.05. The van der Waals surface area contributed by atoms with Gasteiger partial charge in [-0.3, -0.25) is 4.98 Å². The van der Waals surface area contributed by atoms with Gasteiger partial charge in [0, 0.05) is 5.69 Å². The molecule has 1 aromatic heterocycles. The number of hydrogen-bond donors (Lipinski definition) is 0. The first-order valence-electron chi connectivity index (χ1n) is 4.68. The van der Waals surface area contributed by atoms with Crippen LogP contribution in [-0.4, -0.2) is 4.98 Å². The minimum atomic E-state index is -0.231. The second-order valence-corrected chi connectivity index (χ2v) is 3.56. The maximum atomic E-state index is 8.98. The van der Waals surface area contributed by atoms with E-state index >= 15 is 0 Å². The van der Waals surface area contributed by atoms with E-state index in [9.17, 15) is 0 Å². The summed E-state index contributed by atoms with van der Waals surface area (Å²) in [5.74, 6) is 0. The van der Waals surface area contributed by atoms with Crippen LogP contribution in [0.2, 0.25) is 0 Å². The minimum Gasteiger partial charge on any atom is -0.256 e. The van der Waals surface area contributed by atoms with E-state index < -0.39 is 0 Å². The van der Waals surface area contributed by atoms with Gasteiger partial charge in [0.1, 0.15) is 0 Å². The third-order valence-electron chi connectivity index (χ3n) is 2.62. The van der Waals surface area contributed by atoms with Crippen LogP contribution in [0.3, 0.4) is 0 Å². The number of rotatable bonds is 2. The molecule has 0 saturated heterocycles. The molecule has 0 N–H and O–H groups in total. The molecule has 0 radical (unpaired) electrons. The minimum absolute atomic E-state index is 0.231. The number of nitriles is 1. The van der Waals surface area contributed by atoms with Crippen LogP contribution in [0.1, 0.15) is 31.2 Å². The average molecular weight is 172 g/mol. The third kappa shape index (κ3) is 1.31. The highest BCUT2D eigenvalue weighted by molar-refractivity contribution is 5.34. The lowest BCUT2D eigenvalue weighted by molar-refractivity contribution is 0.832. The molecule has 0 unspecified atom stereocenters. The van der Waals surface area contributed by atoms with Gasteiger partial charge < -0.3 is 0 Å².